The molecule has 0 saturated heterocycles. The smallest absolute Gasteiger partial charge is 0.316 e. The van der Waals surface area contributed by atoms with E-state index in [2.05, 4.69) is 15.3 Å². The van der Waals surface area contributed by atoms with Crippen LogP contribution in [0.25, 0.3) is 11.4 Å². The van der Waals surface area contributed by atoms with Gasteiger partial charge in [-0.25, -0.2) is 23.2 Å². The number of benzene rings is 1. The molecule has 0 saturated carbocycles. The fraction of sp³-hybridized carbons (Fsp3) is 0.389. The summed E-state index contributed by atoms with van der Waals surface area (Å²) in [6.07, 6.45) is 0. The summed E-state index contributed by atoms with van der Waals surface area (Å²) < 4.78 is 23.8. The first-order chi connectivity index (χ1) is 12.3. The maximum atomic E-state index is 13.0. The predicted octanol–water partition coefficient (Wildman–Crippen LogP) is 2.66. The van der Waals surface area contributed by atoms with Crippen LogP contribution < -0.4 is 16.8 Å². The van der Waals surface area contributed by atoms with E-state index in [1.807, 2.05) is 0 Å². The normalized spacial score (nSPS) is 12.6. The van der Waals surface area contributed by atoms with Crippen molar-refractivity contribution in [3.05, 3.63) is 36.0 Å². The maximum absolute atomic E-state index is 13.0. The van der Waals surface area contributed by atoms with E-state index in [-0.39, 0.29) is 5.82 Å². The summed E-state index contributed by atoms with van der Waals surface area (Å²) >= 11 is 0. The maximum Gasteiger partial charge on any atom is 0.316 e. The predicted molar refractivity (Wildman–Crippen MR) is 107 cm³/mol. The van der Waals surface area contributed by atoms with Gasteiger partial charge in [-0.05, 0) is 58.9 Å². The summed E-state index contributed by atoms with van der Waals surface area (Å²) in [4.78, 5) is 19.6. The Morgan fingerprint density at radius 3 is 2.07 bits per heavy atom. The van der Waals surface area contributed by atoms with Gasteiger partial charge in [-0.15, -0.1) is 0 Å². The number of urea groups is 1. The van der Waals surface area contributed by atoms with Gasteiger partial charge < -0.3 is 16.8 Å². The van der Waals surface area contributed by atoms with E-state index in [9.17, 15) is 13.2 Å². The molecule has 8 nitrogen and oxygen atoms in total. The first kappa shape index (κ1) is 20.6. The van der Waals surface area contributed by atoms with E-state index in [1.165, 1.54) is 6.07 Å². The second kappa shape index (κ2) is 6.80. The van der Waals surface area contributed by atoms with Gasteiger partial charge in [0.15, 0.2) is 15.7 Å². The molecular formula is C18H25N5O3S. The molecule has 2 aromatic rings. The number of rotatable bonds is 4. The minimum atomic E-state index is -3.57. The van der Waals surface area contributed by atoms with Crippen molar-refractivity contribution in [2.75, 3.05) is 11.1 Å². The Kier molecular flexibility index (Phi) is 5.20. The molecular weight excluding hydrogens is 366 g/mol. The highest BCUT2D eigenvalue weighted by molar-refractivity contribution is 7.93. The van der Waals surface area contributed by atoms with Gasteiger partial charge in [0.2, 0.25) is 0 Å². The molecule has 0 aliphatic rings. The number of nitrogens with zero attached hydrogens (tertiary/aromatic N) is 2. The highest BCUT2D eigenvalue weighted by atomic mass is 32.2. The van der Waals surface area contributed by atoms with E-state index in [1.54, 1.807) is 58.9 Å². The van der Waals surface area contributed by atoms with Crippen LogP contribution in [-0.2, 0) is 14.6 Å². The number of carbonyl (C=O) groups excluding carboxylic acids is 1. The second-order valence-corrected chi connectivity index (χ2v) is 10.9. The zero-order valence-electron chi connectivity index (χ0n) is 16.1. The molecule has 1 aromatic carbocycles. The average Bonchev–Trinajstić information content (AvgIpc) is 2.53. The molecule has 9 heteroatoms. The van der Waals surface area contributed by atoms with Crippen LogP contribution in [0.1, 0.15) is 40.3 Å². The van der Waals surface area contributed by atoms with E-state index in [0.717, 1.165) is 0 Å². The van der Waals surface area contributed by atoms with E-state index < -0.39 is 25.4 Å². The van der Waals surface area contributed by atoms with Crippen molar-refractivity contribution in [2.45, 2.75) is 44.1 Å². The molecule has 0 spiro atoms. The van der Waals surface area contributed by atoms with Crippen molar-refractivity contribution in [2.24, 2.45) is 5.73 Å². The van der Waals surface area contributed by atoms with Crippen molar-refractivity contribution in [1.82, 2.24) is 9.97 Å². The summed E-state index contributed by atoms with van der Waals surface area (Å²) in [5, 5.41) is 2.46. The monoisotopic (exact) mass is 391 g/mol. The Hall–Kier alpha value is -2.68. The van der Waals surface area contributed by atoms with Gasteiger partial charge in [0.25, 0.3) is 0 Å². The number of nitrogens with two attached hydrogens (primary N) is 2. The number of carbonyl (C=O) groups is 1. The molecule has 0 bridgehead atoms. The number of hydrogen-bond donors (Lipinski definition) is 3. The SMILES string of the molecule is CC(C)(C)S(=O)(=O)C(C)(C)c1cc(N)nc(-c2ccc(NC(N)=O)cc2)n1. The lowest BCUT2D eigenvalue weighted by Gasteiger charge is -2.32. The van der Waals surface area contributed by atoms with Gasteiger partial charge in [0, 0.05) is 17.3 Å². The molecule has 0 radical (unpaired) electrons. The van der Waals surface area contributed by atoms with Crippen LogP contribution in [0.2, 0.25) is 0 Å². The fourth-order valence-electron chi connectivity index (χ4n) is 2.65. The van der Waals surface area contributed by atoms with Crippen molar-refractivity contribution < 1.29 is 13.2 Å². The van der Waals surface area contributed by atoms with Crippen molar-refractivity contribution in [3.63, 3.8) is 0 Å². The van der Waals surface area contributed by atoms with Gasteiger partial charge in [-0.3, -0.25) is 0 Å². The van der Waals surface area contributed by atoms with Gasteiger partial charge in [0.05, 0.1) is 10.4 Å². The molecule has 0 fully saturated rings. The number of aromatic nitrogens is 2. The lowest BCUT2D eigenvalue weighted by Crippen LogP contribution is -2.42. The van der Waals surface area contributed by atoms with Crippen LogP contribution in [0.15, 0.2) is 30.3 Å². The lowest BCUT2D eigenvalue weighted by molar-refractivity contribution is 0.259. The van der Waals surface area contributed by atoms with Crippen LogP contribution in [0.3, 0.4) is 0 Å². The highest BCUT2D eigenvalue weighted by Crippen LogP contribution is 2.37. The summed E-state index contributed by atoms with van der Waals surface area (Å²) in [6, 6.07) is 7.48. The summed E-state index contributed by atoms with van der Waals surface area (Å²) in [5.74, 6) is 0.472. The Labute approximate surface area is 159 Å². The molecule has 1 heterocycles. The van der Waals surface area contributed by atoms with Gasteiger partial charge in [-0.2, -0.15) is 0 Å². The topological polar surface area (TPSA) is 141 Å². The van der Waals surface area contributed by atoms with Crippen LogP contribution in [0.5, 0.6) is 0 Å². The summed E-state index contributed by atoms with van der Waals surface area (Å²) in [5.41, 5.74) is 12.5. The number of primary amides is 1. The first-order valence-electron chi connectivity index (χ1n) is 8.32. The van der Waals surface area contributed by atoms with Crippen molar-refractivity contribution >= 4 is 27.4 Å². The molecule has 1 aromatic heterocycles. The largest absolute Gasteiger partial charge is 0.384 e. The number of nitrogens with one attached hydrogen (secondary N) is 1. The fourth-order valence-corrected chi connectivity index (χ4v) is 4.56. The third-order valence-corrected chi connectivity index (χ3v) is 7.42. The third kappa shape index (κ3) is 4.02. The van der Waals surface area contributed by atoms with Crippen LogP contribution in [0.4, 0.5) is 16.3 Å². The third-order valence-electron chi connectivity index (χ3n) is 4.25. The zero-order valence-corrected chi connectivity index (χ0v) is 16.9. The quantitative estimate of drug-likeness (QED) is 0.731. The Morgan fingerprint density at radius 1 is 1.04 bits per heavy atom. The minimum Gasteiger partial charge on any atom is -0.384 e. The number of anilines is 2. The van der Waals surface area contributed by atoms with Gasteiger partial charge >= 0.3 is 6.03 Å². The molecule has 0 aliphatic carbocycles. The molecule has 27 heavy (non-hydrogen) atoms. The van der Waals surface area contributed by atoms with Crippen molar-refractivity contribution in [3.8, 4) is 11.4 Å². The van der Waals surface area contributed by atoms with E-state index in [0.29, 0.717) is 22.8 Å². The molecule has 5 N–H and O–H groups in total. The number of sulfone groups is 1. The van der Waals surface area contributed by atoms with Gasteiger partial charge in [-0.1, -0.05) is 0 Å². The highest BCUT2D eigenvalue weighted by Gasteiger charge is 2.45. The first-order valence-corrected chi connectivity index (χ1v) is 9.80. The Balaban J connectivity index is 2.52. The van der Waals surface area contributed by atoms with Gasteiger partial charge in [0.1, 0.15) is 10.6 Å². The lowest BCUT2D eigenvalue weighted by atomic mass is 10.1. The zero-order chi connectivity index (χ0) is 20.6. The standard InChI is InChI=1S/C18H25N5O3S/c1-17(2,3)27(25,26)18(4,5)13-10-14(19)23-15(22-13)11-6-8-12(9-7-11)21-16(20)24/h6-10H,1-5H3,(H2,19,22,23)(H3,20,21,24). The Morgan fingerprint density at radius 2 is 1.59 bits per heavy atom. The number of nitrogen functional groups attached to an aromatic ring is 1. The van der Waals surface area contributed by atoms with Crippen LogP contribution >= 0.6 is 0 Å². The second-order valence-electron chi connectivity index (χ2n) is 7.69. The Bertz CT molecular complexity index is 961. The molecule has 146 valence electrons. The minimum absolute atomic E-state index is 0.173. The molecule has 2 amide bonds. The number of hydrogen-bond acceptors (Lipinski definition) is 6. The van der Waals surface area contributed by atoms with Crippen molar-refractivity contribution in [1.29, 1.82) is 0 Å². The summed E-state index contributed by atoms with van der Waals surface area (Å²) in [6.45, 7) is 8.18. The van der Waals surface area contributed by atoms with Crippen LogP contribution in [0, 0.1) is 0 Å². The average molecular weight is 391 g/mol. The summed E-state index contributed by atoms with van der Waals surface area (Å²) in [7, 11) is -3.57. The molecule has 0 aliphatic heterocycles. The van der Waals surface area contributed by atoms with Crippen LogP contribution in [-0.4, -0.2) is 29.2 Å². The van der Waals surface area contributed by atoms with E-state index in [4.69, 9.17) is 11.5 Å². The molecule has 0 atom stereocenters. The molecule has 2 rings (SSSR count). The van der Waals surface area contributed by atoms with E-state index >= 15 is 0 Å². The number of amides is 2. The molecule has 0 unspecified atom stereocenters.